The smallest absolute Gasteiger partial charge is 0.179 e. The molecule has 0 aliphatic carbocycles. The van der Waals surface area contributed by atoms with Crippen LogP contribution in [-0.4, -0.2) is 41.0 Å². The molecule has 0 atom stereocenters. The van der Waals surface area contributed by atoms with Crippen LogP contribution < -0.4 is 0 Å². The molecule has 0 unspecified atom stereocenters. The molecule has 0 bridgehead atoms. The van der Waals surface area contributed by atoms with Crippen molar-refractivity contribution in [3.8, 4) is 11.4 Å². The zero-order valence-corrected chi connectivity index (χ0v) is 14.6. The Labute approximate surface area is 145 Å². The topological polar surface area (TPSA) is 45.5 Å². The average Bonchev–Trinajstić information content (AvgIpc) is 2.79. The summed E-state index contributed by atoms with van der Waals surface area (Å²) in [7, 11) is 3.73. The van der Waals surface area contributed by atoms with Crippen LogP contribution in [0, 0.1) is 6.92 Å². The van der Waals surface area contributed by atoms with Gasteiger partial charge in [-0.15, -0.1) is 0 Å². The molecule has 0 fully saturated rings. The Hall–Kier alpha value is -2.30. The summed E-state index contributed by atoms with van der Waals surface area (Å²) in [4.78, 5) is 14.6. The fourth-order valence-electron chi connectivity index (χ4n) is 3.05. The van der Waals surface area contributed by atoms with Crippen molar-refractivity contribution in [1.82, 2.24) is 9.47 Å². The molecule has 0 aliphatic rings. The van der Waals surface area contributed by atoms with E-state index in [0.717, 1.165) is 22.3 Å². The lowest BCUT2D eigenvalue weighted by Crippen LogP contribution is -2.22. The number of carbonyl (C=O) groups excluding carboxylic acids is 1. The maximum atomic E-state index is 12.7. The average molecular weight is 343 g/mol. The standard InChI is InChI=1S/C19H19ClN2O2/c1-12-19(18(24)11-21(2)3)16-10-15(23)8-9-17(16)22(12)14-6-4-13(20)5-7-14/h4-10,23H,11H2,1-3H3. The zero-order chi connectivity index (χ0) is 17.4. The molecule has 1 aromatic heterocycles. The minimum absolute atomic E-state index is 0.0285. The predicted octanol–water partition coefficient (Wildman–Crippen LogP) is 4.04. The number of hydrogen-bond acceptors (Lipinski definition) is 3. The van der Waals surface area contributed by atoms with Crippen LogP contribution in [0.1, 0.15) is 16.1 Å². The summed E-state index contributed by atoms with van der Waals surface area (Å²) in [5, 5.41) is 11.3. The number of nitrogens with zero attached hydrogens (tertiary/aromatic N) is 2. The lowest BCUT2D eigenvalue weighted by molar-refractivity contribution is 0.0959. The number of carbonyl (C=O) groups is 1. The molecule has 1 heterocycles. The molecule has 4 nitrogen and oxygen atoms in total. The normalized spacial score (nSPS) is 11.4. The predicted molar refractivity (Wildman–Crippen MR) is 97.6 cm³/mol. The largest absolute Gasteiger partial charge is 0.508 e. The van der Waals surface area contributed by atoms with Gasteiger partial charge in [0.1, 0.15) is 5.75 Å². The Balaban J connectivity index is 2.28. The van der Waals surface area contributed by atoms with Crippen LogP contribution in [0.2, 0.25) is 5.02 Å². The van der Waals surface area contributed by atoms with Crippen molar-refractivity contribution < 1.29 is 9.90 Å². The first-order valence-electron chi connectivity index (χ1n) is 7.66. The fraction of sp³-hybridized carbons (Fsp3) is 0.211. The van der Waals surface area contributed by atoms with E-state index in [1.807, 2.05) is 60.8 Å². The first-order valence-corrected chi connectivity index (χ1v) is 8.04. The third kappa shape index (κ3) is 2.90. The summed E-state index contributed by atoms with van der Waals surface area (Å²) in [6, 6.07) is 12.6. The SMILES string of the molecule is Cc1c(C(=O)CN(C)C)c2cc(O)ccc2n1-c1ccc(Cl)cc1. The van der Waals surface area contributed by atoms with Gasteiger partial charge in [-0.1, -0.05) is 11.6 Å². The Morgan fingerprint density at radius 3 is 2.46 bits per heavy atom. The maximum absolute atomic E-state index is 12.7. The summed E-state index contributed by atoms with van der Waals surface area (Å²) in [5.41, 5.74) is 3.31. The van der Waals surface area contributed by atoms with E-state index in [1.165, 1.54) is 0 Å². The quantitative estimate of drug-likeness (QED) is 0.728. The minimum atomic E-state index is 0.0285. The van der Waals surface area contributed by atoms with Gasteiger partial charge in [0.25, 0.3) is 0 Å². The second-order valence-corrected chi connectivity index (χ2v) is 6.57. The summed E-state index contributed by atoms with van der Waals surface area (Å²) in [5.74, 6) is 0.176. The lowest BCUT2D eigenvalue weighted by Gasteiger charge is -2.10. The number of aromatic nitrogens is 1. The number of benzene rings is 2. The molecule has 0 amide bonds. The van der Waals surface area contributed by atoms with Gasteiger partial charge < -0.3 is 14.6 Å². The molecule has 3 rings (SSSR count). The highest BCUT2D eigenvalue weighted by atomic mass is 35.5. The number of hydrogen-bond donors (Lipinski definition) is 1. The summed E-state index contributed by atoms with van der Waals surface area (Å²) in [6.45, 7) is 2.24. The molecule has 1 N–H and O–H groups in total. The Morgan fingerprint density at radius 2 is 1.83 bits per heavy atom. The molecule has 24 heavy (non-hydrogen) atoms. The highest BCUT2D eigenvalue weighted by molar-refractivity contribution is 6.30. The van der Waals surface area contributed by atoms with Crippen molar-refractivity contribution in [2.75, 3.05) is 20.6 Å². The van der Waals surface area contributed by atoms with Gasteiger partial charge in [-0.3, -0.25) is 4.79 Å². The molecular weight excluding hydrogens is 324 g/mol. The molecule has 0 aliphatic heterocycles. The summed E-state index contributed by atoms with van der Waals surface area (Å²) >= 11 is 5.99. The van der Waals surface area contributed by atoms with Crippen molar-refractivity contribution in [1.29, 1.82) is 0 Å². The molecule has 3 aromatic rings. The van der Waals surface area contributed by atoms with Crippen LogP contribution in [0.3, 0.4) is 0 Å². The van der Waals surface area contributed by atoms with Crippen LogP contribution in [0.4, 0.5) is 0 Å². The summed E-state index contributed by atoms with van der Waals surface area (Å²) in [6.07, 6.45) is 0. The van der Waals surface area contributed by atoms with E-state index < -0.39 is 0 Å². The van der Waals surface area contributed by atoms with E-state index in [2.05, 4.69) is 0 Å². The molecule has 5 heteroatoms. The molecular formula is C19H19ClN2O2. The van der Waals surface area contributed by atoms with E-state index >= 15 is 0 Å². The third-order valence-electron chi connectivity index (χ3n) is 4.01. The molecule has 0 radical (unpaired) electrons. The van der Waals surface area contributed by atoms with Crippen LogP contribution in [0.5, 0.6) is 5.75 Å². The second-order valence-electron chi connectivity index (χ2n) is 6.13. The summed E-state index contributed by atoms with van der Waals surface area (Å²) < 4.78 is 2.02. The van der Waals surface area contributed by atoms with Gasteiger partial charge in [0.05, 0.1) is 12.1 Å². The van der Waals surface area contributed by atoms with E-state index in [0.29, 0.717) is 17.1 Å². The van der Waals surface area contributed by atoms with E-state index in [-0.39, 0.29) is 11.5 Å². The first kappa shape index (κ1) is 16.6. The highest BCUT2D eigenvalue weighted by Crippen LogP contribution is 2.32. The minimum Gasteiger partial charge on any atom is -0.508 e. The Bertz CT molecular complexity index is 911. The maximum Gasteiger partial charge on any atom is 0.179 e. The fourth-order valence-corrected chi connectivity index (χ4v) is 3.17. The first-order chi connectivity index (χ1) is 11.4. The van der Waals surface area contributed by atoms with E-state index in [1.54, 1.807) is 12.1 Å². The van der Waals surface area contributed by atoms with E-state index in [9.17, 15) is 9.90 Å². The van der Waals surface area contributed by atoms with Gasteiger partial charge in [0.2, 0.25) is 0 Å². The van der Waals surface area contributed by atoms with Gasteiger partial charge in [-0.2, -0.15) is 0 Å². The number of halogens is 1. The monoisotopic (exact) mass is 342 g/mol. The molecule has 0 saturated heterocycles. The van der Waals surface area contributed by atoms with Crippen molar-refractivity contribution in [2.24, 2.45) is 0 Å². The third-order valence-corrected chi connectivity index (χ3v) is 4.26. The van der Waals surface area contributed by atoms with Gasteiger partial charge in [-0.05, 0) is 63.5 Å². The lowest BCUT2D eigenvalue weighted by atomic mass is 10.1. The van der Waals surface area contributed by atoms with Crippen LogP contribution in [-0.2, 0) is 0 Å². The number of phenolic OH excluding ortho intramolecular Hbond substituents is 1. The number of fused-ring (bicyclic) bond motifs is 1. The Kier molecular flexibility index (Phi) is 4.35. The second kappa shape index (κ2) is 6.30. The van der Waals surface area contributed by atoms with Crippen molar-refractivity contribution in [2.45, 2.75) is 6.92 Å². The number of likely N-dealkylation sites (N-methyl/N-ethyl adjacent to an activating group) is 1. The van der Waals surface area contributed by atoms with Crippen molar-refractivity contribution in [3.63, 3.8) is 0 Å². The Morgan fingerprint density at radius 1 is 1.17 bits per heavy atom. The highest BCUT2D eigenvalue weighted by Gasteiger charge is 2.21. The van der Waals surface area contributed by atoms with Gasteiger partial charge in [0, 0.05) is 27.4 Å². The molecule has 0 spiro atoms. The number of phenols is 1. The van der Waals surface area contributed by atoms with E-state index in [4.69, 9.17) is 11.6 Å². The van der Waals surface area contributed by atoms with Crippen molar-refractivity contribution >= 4 is 28.3 Å². The van der Waals surface area contributed by atoms with Crippen LogP contribution in [0.25, 0.3) is 16.6 Å². The van der Waals surface area contributed by atoms with Crippen LogP contribution in [0.15, 0.2) is 42.5 Å². The molecule has 124 valence electrons. The van der Waals surface area contributed by atoms with Gasteiger partial charge >= 0.3 is 0 Å². The zero-order valence-electron chi connectivity index (χ0n) is 13.9. The number of aromatic hydroxyl groups is 1. The number of rotatable bonds is 4. The molecule has 0 saturated carbocycles. The van der Waals surface area contributed by atoms with Gasteiger partial charge in [0.15, 0.2) is 5.78 Å². The number of Topliss-reactive ketones (excluding diaryl/α,β-unsaturated/α-hetero) is 1. The van der Waals surface area contributed by atoms with Crippen LogP contribution >= 0.6 is 11.6 Å². The van der Waals surface area contributed by atoms with Crippen molar-refractivity contribution in [3.05, 3.63) is 58.7 Å². The molecule has 2 aromatic carbocycles. The number of ketones is 1. The van der Waals surface area contributed by atoms with Gasteiger partial charge in [-0.25, -0.2) is 0 Å².